The van der Waals surface area contributed by atoms with E-state index in [1.54, 1.807) is 13.0 Å². The highest BCUT2D eigenvalue weighted by Crippen LogP contribution is 2.21. The Labute approximate surface area is 85.7 Å². The van der Waals surface area contributed by atoms with Crippen LogP contribution < -0.4 is 5.73 Å². The van der Waals surface area contributed by atoms with Crippen LogP contribution in [0.3, 0.4) is 0 Å². The minimum absolute atomic E-state index is 0.178. The van der Waals surface area contributed by atoms with Crippen LogP contribution in [0.15, 0.2) is 18.2 Å². The molecule has 1 aromatic heterocycles. The van der Waals surface area contributed by atoms with Gasteiger partial charge in [0.25, 0.3) is 0 Å². The van der Waals surface area contributed by atoms with Crippen LogP contribution in [0.1, 0.15) is 11.3 Å². The second kappa shape index (κ2) is 3.55. The lowest BCUT2D eigenvalue weighted by atomic mass is 10.1. The Morgan fingerprint density at radius 3 is 2.67 bits per heavy atom. The van der Waals surface area contributed by atoms with E-state index in [-0.39, 0.29) is 12.1 Å². The van der Waals surface area contributed by atoms with Gasteiger partial charge in [-0.25, -0.2) is 13.8 Å². The topological polar surface area (TPSA) is 38.9 Å². The molecule has 0 fully saturated rings. The van der Waals surface area contributed by atoms with Gasteiger partial charge >= 0.3 is 0 Å². The fourth-order valence-electron chi connectivity index (χ4n) is 1.59. The smallest absolute Gasteiger partial charge is 0.152 e. The van der Waals surface area contributed by atoms with E-state index in [9.17, 15) is 8.78 Å². The summed E-state index contributed by atoms with van der Waals surface area (Å²) in [6.07, 6.45) is 0. The van der Waals surface area contributed by atoms with Crippen molar-refractivity contribution < 1.29 is 8.78 Å². The molecule has 0 bridgehead atoms. The molecule has 0 saturated heterocycles. The van der Waals surface area contributed by atoms with E-state index in [4.69, 9.17) is 5.73 Å². The molecule has 78 valence electrons. The molecular weight excluding hydrogens is 198 g/mol. The lowest BCUT2D eigenvalue weighted by Crippen LogP contribution is -2.01. The first-order valence-corrected chi connectivity index (χ1v) is 4.57. The average Bonchev–Trinajstić information content (AvgIpc) is 2.19. The number of rotatable bonds is 1. The molecular formula is C11H10F2N2. The van der Waals surface area contributed by atoms with Gasteiger partial charge in [-0.2, -0.15) is 0 Å². The van der Waals surface area contributed by atoms with Crippen LogP contribution in [0.25, 0.3) is 10.9 Å². The van der Waals surface area contributed by atoms with Gasteiger partial charge in [0.15, 0.2) is 5.82 Å². The number of pyridine rings is 1. The summed E-state index contributed by atoms with van der Waals surface area (Å²) in [6, 6.07) is 3.84. The van der Waals surface area contributed by atoms with Crippen molar-refractivity contribution >= 4 is 10.9 Å². The van der Waals surface area contributed by atoms with Gasteiger partial charge in [0.1, 0.15) is 11.3 Å². The third kappa shape index (κ3) is 1.68. The number of aromatic nitrogens is 1. The molecule has 15 heavy (non-hydrogen) atoms. The Kier molecular flexibility index (Phi) is 2.36. The minimum atomic E-state index is -0.650. The van der Waals surface area contributed by atoms with Crippen molar-refractivity contribution in [3.8, 4) is 0 Å². The van der Waals surface area contributed by atoms with E-state index >= 15 is 0 Å². The molecule has 0 saturated carbocycles. The third-order valence-electron chi connectivity index (χ3n) is 2.30. The molecule has 0 amide bonds. The van der Waals surface area contributed by atoms with Crippen molar-refractivity contribution in [1.29, 1.82) is 0 Å². The molecule has 4 heteroatoms. The van der Waals surface area contributed by atoms with E-state index in [1.807, 2.05) is 0 Å². The zero-order valence-electron chi connectivity index (χ0n) is 8.22. The van der Waals surface area contributed by atoms with Crippen molar-refractivity contribution in [3.05, 3.63) is 41.1 Å². The Hall–Kier alpha value is -1.55. The maximum Gasteiger partial charge on any atom is 0.152 e. The van der Waals surface area contributed by atoms with Crippen molar-refractivity contribution in [3.63, 3.8) is 0 Å². The van der Waals surface area contributed by atoms with Gasteiger partial charge in [0.2, 0.25) is 0 Å². The van der Waals surface area contributed by atoms with E-state index in [0.29, 0.717) is 11.1 Å². The predicted octanol–water partition coefficient (Wildman–Crippen LogP) is 2.28. The molecule has 0 unspecified atom stereocenters. The van der Waals surface area contributed by atoms with Gasteiger partial charge < -0.3 is 5.73 Å². The average molecular weight is 208 g/mol. The van der Waals surface area contributed by atoms with Crippen molar-refractivity contribution in [2.75, 3.05) is 0 Å². The lowest BCUT2D eigenvalue weighted by molar-refractivity contribution is 0.590. The normalized spacial score (nSPS) is 10.9. The predicted molar refractivity (Wildman–Crippen MR) is 54.3 cm³/mol. The van der Waals surface area contributed by atoms with Gasteiger partial charge in [0.05, 0.1) is 5.69 Å². The van der Waals surface area contributed by atoms with Crippen LogP contribution >= 0.6 is 0 Å². The molecule has 0 atom stereocenters. The number of aryl methyl sites for hydroxylation is 1. The second-order valence-electron chi connectivity index (χ2n) is 3.42. The molecule has 0 spiro atoms. The molecule has 2 aromatic rings. The van der Waals surface area contributed by atoms with E-state index in [0.717, 1.165) is 11.6 Å². The van der Waals surface area contributed by atoms with Crippen LogP contribution in [0.5, 0.6) is 0 Å². The Balaban J connectivity index is 2.85. The number of halogens is 2. The van der Waals surface area contributed by atoms with Crippen LogP contribution in [0.2, 0.25) is 0 Å². The number of hydrogen-bond donors (Lipinski definition) is 1. The summed E-state index contributed by atoms with van der Waals surface area (Å²) < 4.78 is 26.4. The highest BCUT2D eigenvalue weighted by molar-refractivity contribution is 5.82. The first kappa shape index (κ1) is 9.98. The summed E-state index contributed by atoms with van der Waals surface area (Å²) in [7, 11) is 0. The summed E-state index contributed by atoms with van der Waals surface area (Å²) in [5.41, 5.74) is 6.99. The first-order valence-electron chi connectivity index (χ1n) is 4.57. The summed E-state index contributed by atoms with van der Waals surface area (Å²) in [6.45, 7) is 2.02. The molecule has 0 radical (unpaired) electrons. The van der Waals surface area contributed by atoms with Crippen LogP contribution in [-0.4, -0.2) is 4.98 Å². The summed E-state index contributed by atoms with van der Waals surface area (Å²) >= 11 is 0. The van der Waals surface area contributed by atoms with Crippen LogP contribution in [0.4, 0.5) is 8.78 Å². The molecule has 1 aromatic carbocycles. The minimum Gasteiger partial charge on any atom is -0.325 e. The van der Waals surface area contributed by atoms with Crippen LogP contribution in [0, 0.1) is 18.6 Å². The Morgan fingerprint density at radius 1 is 1.27 bits per heavy atom. The summed E-state index contributed by atoms with van der Waals surface area (Å²) in [5.74, 6) is -1.24. The fraction of sp³-hybridized carbons (Fsp3) is 0.182. The van der Waals surface area contributed by atoms with E-state index < -0.39 is 11.6 Å². The molecule has 0 aliphatic rings. The Morgan fingerprint density at radius 2 is 2.00 bits per heavy atom. The third-order valence-corrected chi connectivity index (χ3v) is 2.30. The highest BCUT2D eigenvalue weighted by Gasteiger charge is 2.08. The van der Waals surface area contributed by atoms with Gasteiger partial charge in [-0.05, 0) is 24.6 Å². The zero-order chi connectivity index (χ0) is 11.0. The number of fused-ring (bicyclic) bond motifs is 1. The largest absolute Gasteiger partial charge is 0.325 e. The van der Waals surface area contributed by atoms with Crippen molar-refractivity contribution in [1.82, 2.24) is 4.98 Å². The van der Waals surface area contributed by atoms with Gasteiger partial charge in [-0.15, -0.1) is 0 Å². The monoisotopic (exact) mass is 208 g/mol. The fourth-order valence-corrected chi connectivity index (χ4v) is 1.59. The summed E-state index contributed by atoms with van der Waals surface area (Å²) in [5, 5.41) is 0.490. The molecule has 2 N–H and O–H groups in total. The van der Waals surface area contributed by atoms with E-state index in [2.05, 4.69) is 4.98 Å². The molecule has 0 aliphatic heterocycles. The van der Waals surface area contributed by atoms with Gasteiger partial charge in [-0.3, -0.25) is 0 Å². The molecule has 1 heterocycles. The standard InChI is InChI=1S/C11H10F2N2/c1-6-2-8(5-14)15-11-9(6)3-7(12)4-10(11)13/h2-4H,5,14H2,1H3. The van der Waals surface area contributed by atoms with Crippen molar-refractivity contribution in [2.24, 2.45) is 5.73 Å². The van der Waals surface area contributed by atoms with Crippen LogP contribution in [-0.2, 0) is 6.54 Å². The maximum absolute atomic E-state index is 13.4. The number of nitrogens with two attached hydrogens (primary N) is 1. The molecule has 2 nitrogen and oxygen atoms in total. The quantitative estimate of drug-likeness (QED) is 0.780. The van der Waals surface area contributed by atoms with Gasteiger partial charge in [-0.1, -0.05) is 0 Å². The van der Waals surface area contributed by atoms with E-state index in [1.165, 1.54) is 6.07 Å². The highest BCUT2D eigenvalue weighted by atomic mass is 19.1. The van der Waals surface area contributed by atoms with Crippen molar-refractivity contribution in [2.45, 2.75) is 13.5 Å². The SMILES string of the molecule is Cc1cc(CN)nc2c(F)cc(F)cc12. The number of nitrogens with zero attached hydrogens (tertiary/aromatic N) is 1. The summed E-state index contributed by atoms with van der Waals surface area (Å²) in [4.78, 5) is 4.03. The second-order valence-corrected chi connectivity index (χ2v) is 3.42. The lowest BCUT2D eigenvalue weighted by Gasteiger charge is -2.05. The molecule has 2 rings (SSSR count). The Bertz CT molecular complexity index is 523. The first-order chi connectivity index (χ1) is 7.11. The number of benzene rings is 1. The maximum atomic E-state index is 13.4. The molecule has 0 aliphatic carbocycles. The zero-order valence-corrected chi connectivity index (χ0v) is 8.22. The number of hydrogen-bond acceptors (Lipinski definition) is 2. The van der Waals surface area contributed by atoms with Gasteiger partial charge in [0, 0.05) is 18.0 Å².